The van der Waals surface area contributed by atoms with Crippen molar-refractivity contribution in [3.8, 4) is 11.5 Å². The van der Waals surface area contributed by atoms with Crippen LogP contribution >= 0.6 is 11.6 Å². The molecule has 4 rings (SSSR count). The topological polar surface area (TPSA) is 112 Å². The van der Waals surface area contributed by atoms with Crippen LogP contribution in [0.2, 0.25) is 5.02 Å². The summed E-state index contributed by atoms with van der Waals surface area (Å²) in [6, 6.07) is 7.03. The molecule has 1 N–H and O–H groups in total. The number of hydrogen-bond donors (Lipinski definition) is 1. The maximum absolute atomic E-state index is 14.5. The highest BCUT2D eigenvalue weighted by molar-refractivity contribution is 6.31. The number of nitrogens with zero attached hydrogens (tertiary/aromatic N) is 3. The van der Waals surface area contributed by atoms with E-state index < -0.39 is 35.6 Å². The molecule has 1 aromatic heterocycles. The van der Waals surface area contributed by atoms with Gasteiger partial charge in [0.25, 0.3) is 0 Å². The lowest BCUT2D eigenvalue weighted by Crippen LogP contribution is -2.44. The summed E-state index contributed by atoms with van der Waals surface area (Å²) in [5.74, 6) is -0.174. The van der Waals surface area contributed by atoms with Crippen LogP contribution in [0.1, 0.15) is 27.2 Å². The number of rotatable bonds is 6. The molecule has 1 saturated heterocycles. The first kappa shape index (κ1) is 27.2. The van der Waals surface area contributed by atoms with Gasteiger partial charge in [0.15, 0.2) is 17.3 Å². The van der Waals surface area contributed by atoms with Gasteiger partial charge in [0.05, 0.1) is 37.0 Å². The van der Waals surface area contributed by atoms with Gasteiger partial charge in [-0.1, -0.05) is 17.7 Å². The Hall–Kier alpha value is -3.86. The van der Waals surface area contributed by atoms with Crippen molar-refractivity contribution in [2.24, 2.45) is 0 Å². The summed E-state index contributed by atoms with van der Waals surface area (Å²) in [7, 11) is 2.74. The number of methoxy groups -OCH3 is 2. The van der Waals surface area contributed by atoms with Crippen molar-refractivity contribution in [2.45, 2.75) is 44.9 Å². The van der Waals surface area contributed by atoms with E-state index in [1.54, 1.807) is 39.0 Å². The first-order valence-electron chi connectivity index (χ1n) is 11.8. The standard InChI is InChI=1S/C26H28ClFN4O6/c1-26(2,3)38-25(34)32-12-14(9-19(32)24(33)36-5)37-21-10-15-18(11-20(21)35-4)29-13-30-23(15)31-17-8-6-7-16(27)22(17)28/h6-8,10-11,13-14,19H,9,12H2,1-5H3,(H,29,30,31). The summed E-state index contributed by atoms with van der Waals surface area (Å²) in [4.78, 5) is 35.1. The summed E-state index contributed by atoms with van der Waals surface area (Å²) in [6.07, 6.45) is 0.290. The highest BCUT2D eigenvalue weighted by atomic mass is 35.5. The van der Waals surface area contributed by atoms with Crippen LogP contribution in [-0.4, -0.2) is 65.4 Å². The third-order valence-corrected chi connectivity index (χ3v) is 6.07. The van der Waals surface area contributed by atoms with Crippen LogP contribution in [0.5, 0.6) is 11.5 Å². The molecule has 12 heteroatoms. The molecule has 2 heterocycles. The zero-order valence-electron chi connectivity index (χ0n) is 21.6. The van der Waals surface area contributed by atoms with Crippen LogP contribution in [0.4, 0.5) is 20.7 Å². The first-order valence-corrected chi connectivity index (χ1v) is 12.2. The number of halogens is 2. The monoisotopic (exact) mass is 546 g/mol. The number of aromatic nitrogens is 2. The van der Waals surface area contributed by atoms with Gasteiger partial charge in [-0.25, -0.2) is 23.9 Å². The highest BCUT2D eigenvalue weighted by Gasteiger charge is 2.43. The lowest BCUT2D eigenvalue weighted by Gasteiger charge is -2.27. The molecular weight excluding hydrogens is 519 g/mol. The predicted molar refractivity (Wildman–Crippen MR) is 139 cm³/mol. The summed E-state index contributed by atoms with van der Waals surface area (Å²) in [5, 5.41) is 3.44. The Morgan fingerprint density at radius 2 is 1.92 bits per heavy atom. The van der Waals surface area contributed by atoms with E-state index in [4.69, 9.17) is 30.5 Å². The first-order chi connectivity index (χ1) is 18.0. The summed E-state index contributed by atoms with van der Waals surface area (Å²) in [6.45, 7) is 5.31. The molecule has 1 fully saturated rings. The largest absolute Gasteiger partial charge is 0.493 e. The molecule has 0 radical (unpaired) electrons. The number of esters is 1. The van der Waals surface area contributed by atoms with E-state index >= 15 is 0 Å². The average molecular weight is 547 g/mol. The summed E-state index contributed by atoms with van der Waals surface area (Å²) >= 11 is 5.92. The van der Waals surface area contributed by atoms with Crippen LogP contribution < -0.4 is 14.8 Å². The van der Waals surface area contributed by atoms with E-state index in [9.17, 15) is 14.0 Å². The van der Waals surface area contributed by atoms with E-state index in [0.29, 0.717) is 28.2 Å². The van der Waals surface area contributed by atoms with Crippen molar-refractivity contribution in [1.82, 2.24) is 14.9 Å². The minimum atomic E-state index is -0.877. The van der Waals surface area contributed by atoms with E-state index in [2.05, 4.69) is 15.3 Å². The molecule has 2 aromatic carbocycles. The highest BCUT2D eigenvalue weighted by Crippen LogP contribution is 2.37. The van der Waals surface area contributed by atoms with Gasteiger partial charge in [-0.15, -0.1) is 0 Å². The maximum atomic E-state index is 14.5. The van der Waals surface area contributed by atoms with Crippen molar-refractivity contribution in [1.29, 1.82) is 0 Å². The Balaban J connectivity index is 1.65. The van der Waals surface area contributed by atoms with Crippen molar-refractivity contribution in [2.75, 3.05) is 26.1 Å². The zero-order chi connectivity index (χ0) is 27.6. The van der Waals surface area contributed by atoms with Crippen LogP contribution in [0.25, 0.3) is 10.9 Å². The van der Waals surface area contributed by atoms with E-state index in [1.165, 1.54) is 37.6 Å². The summed E-state index contributed by atoms with van der Waals surface area (Å²) < 4.78 is 36.6. The smallest absolute Gasteiger partial charge is 0.411 e. The SMILES string of the molecule is COC(=O)C1CC(Oc2cc3c(Nc4cccc(Cl)c4F)ncnc3cc2OC)CN1C(=O)OC(C)(C)C. The van der Waals surface area contributed by atoms with Gasteiger partial charge in [-0.3, -0.25) is 4.90 Å². The molecule has 38 heavy (non-hydrogen) atoms. The lowest BCUT2D eigenvalue weighted by atomic mass is 10.1. The number of ether oxygens (including phenoxy) is 4. The van der Waals surface area contributed by atoms with Crippen molar-refractivity contribution in [3.05, 3.63) is 47.5 Å². The van der Waals surface area contributed by atoms with Crippen LogP contribution in [0, 0.1) is 5.82 Å². The minimum absolute atomic E-state index is 0.0324. The van der Waals surface area contributed by atoms with Crippen LogP contribution in [0.15, 0.2) is 36.7 Å². The third kappa shape index (κ3) is 5.83. The number of carbonyl (C=O) groups is 2. The van der Waals surface area contributed by atoms with Gasteiger partial charge in [0, 0.05) is 17.9 Å². The van der Waals surface area contributed by atoms with Gasteiger partial charge in [-0.05, 0) is 39.0 Å². The molecule has 10 nitrogen and oxygen atoms in total. The molecular formula is C26H28ClFN4O6. The maximum Gasteiger partial charge on any atom is 0.411 e. The van der Waals surface area contributed by atoms with E-state index in [1.807, 2.05) is 0 Å². The second-order valence-electron chi connectivity index (χ2n) is 9.62. The second kappa shape index (κ2) is 10.9. The molecule has 2 unspecified atom stereocenters. The van der Waals surface area contributed by atoms with Gasteiger partial charge >= 0.3 is 12.1 Å². The number of hydrogen-bond acceptors (Lipinski definition) is 9. The quantitative estimate of drug-likeness (QED) is 0.422. The van der Waals surface area contributed by atoms with Crippen LogP contribution in [-0.2, 0) is 14.3 Å². The number of carbonyl (C=O) groups excluding carboxylic acids is 2. The molecule has 1 aliphatic heterocycles. The Kier molecular flexibility index (Phi) is 7.77. The van der Waals surface area contributed by atoms with Gasteiger partial charge in [0.2, 0.25) is 0 Å². The molecule has 202 valence electrons. The fourth-order valence-corrected chi connectivity index (χ4v) is 4.26. The molecule has 0 spiro atoms. The van der Waals surface area contributed by atoms with Gasteiger partial charge < -0.3 is 24.3 Å². The Morgan fingerprint density at radius 3 is 2.61 bits per heavy atom. The number of fused-ring (bicyclic) bond motifs is 1. The third-order valence-electron chi connectivity index (χ3n) is 5.78. The zero-order valence-corrected chi connectivity index (χ0v) is 22.3. The average Bonchev–Trinajstić information content (AvgIpc) is 3.29. The van der Waals surface area contributed by atoms with Crippen molar-refractivity contribution >= 4 is 46.1 Å². The Bertz CT molecular complexity index is 1370. The Morgan fingerprint density at radius 1 is 1.16 bits per heavy atom. The molecule has 0 bridgehead atoms. The lowest BCUT2D eigenvalue weighted by molar-refractivity contribution is -0.145. The molecule has 0 aliphatic carbocycles. The number of likely N-dealkylation sites (tertiary alicyclic amines) is 1. The van der Waals surface area contributed by atoms with E-state index in [0.717, 1.165) is 0 Å². The second-order valence-corrected chi connectivity index (χ2v) is 10.0. The number of amides is 1. The Labute approximate surface area is 224 Å². The molecule has 2 atom stereocenters. The van der Waals surface area contributed by atoms with Crippen LogP contribution in [0.3, 0.4) is 0 Å². The minimum Gasteiger partial charge on any atom is -0.493 e. The van der Waals surface area contributed by atoms with Gasteiger partial charge in [0.1, 0.15) is 29.9 Å². The normalized spacial score (nSPS) is 17.3. The fraction of sp³-hybridized carbons (Fsp3) is 0.385. The number of anilines is 2. The van der Waals surface area contributed by atoms with Crippen molar-refractivity contribution < 1.29 is 32.9 Å². The summed E-state index contributed by atoms with van der Waals surface area (Å²) in [5.41, 5.74) is -0.0895. The van der Waals surface area contributed by atoms with E-state index in [-0.39, 0.29) is 23.7 Å². The van der Waals surface area contributed by atoms with Gasteiger partial charge in [-0.2, -0.15) is 0 Å². The predicted octanol–water partition coefficient (Wildman–Crippen LogP) is 5.10. The number of benzene rings is 2. The molecule has 3 aromatic rings. The number of nitrogens with one attached hydrogen (secondary N) is 1. The van der Waals surface area contributed by atoms with Crippen molar-refractivity contribution in [3.63, 3.8) is 0 Å². The molecule has 1 aliphatic rings. The molecule has 0 saturated carbocycles. The fourth-order valence-electron chi connectivity index (χ4n) is 4.09. The molecule has 1 amide bonds.